The van der Waals surface area contributed by atoms with Crippen molar-refractivity contribution >= 4 is 34.2 Å². The highest BCUT2D eigenvalue weighted by atomic mass is 16.5. The normalized spacial score (nSPS) is 16.8. The van der Waals surface area contributed by atoms with Crippen LogP contribution in [0, 0.1) is 0 Å². The summed E-state index contributed by atoms with van der Waals surface area (Å²) in [5, 5.41) is 3.52. The quantitative estimate of drug-likeness (QED) is 0.244. The summed E-state index contributed by atoms with van der Waals surface area (Å²) in [5.74, 6) is 0.602. The number of hydrogen-bond acceptors (Lipinski definition) is 5. The molecular weight excluding hydrogens is 554 g/mol. The number of imidazole rings is 1. The van der Waals surface area contributed by atoms with Crippen molar-refractivity contribution in [1.82, 2.24) is 14.5 Å². The molecule has 9 heteroatoms. The first-order chi connectivity index (χ1) is 21.5. The second-order valence-electron chi connectivity index (χ2n) is 11.2. The number of anilines is 2. The molecule has 2 aliphatic heterocycles. The van der Waals surface area contributed by atoms with Gasteiger partial charge in [-0.1, -0.05) is 36.4 Å². The lowest BCUT2D eigenvalue weighted by atomic mass is 10.0. The molecule has 1 fully saturated rings. The van der Waals surface area contributed by atoms with E-state index in [1.165, 1.54) is 0 Å². The van der Waals surface area contributed by atoms with Crippen LogP contribution in [0.25, 0.3) is 11.0 Å². The van der Waals surface area contributed by atoms with Crippen LogP contribution < -0.4 is 20.6 Å². The SMILES string of the molecule is CCOc1ccc(N2C(=O)c3ccccc3C2Nc2cccc(C(=O)N3CCC(n4c(=O)[nH]c5ccccc54)CC3)c2)cc1. The molecule has 1 saturated heterocycles. The summed E-state index contributed by atoms with van der Waals surface area (Å²) in [7, 11) is 0. The Hall–Kier alpha value is -5.31. The zero-order valence-electron chi connectivity index (χ0n) is 24.4. The highest BCUT2D eigenvalue weighted by Crippen LogP contribution is 2.38. The van der Waals surface area contributed by atoms with Gasteiger partial charge < -0.3 is 19.9 Å². The second kappa shape index (κ2) is 11.4. The van der Waals surface area contributed by atoms with Gasteiger partial charge in [-0.05, 0) is 80.4 Å². The summed E-state index contributed by atoms with van der Waals surface area (Å²) in [6, 6.07) is 30.3. The van der Waals surface area contributed by atoms with E-state index in [9.17, 15) is 14.4 Å². The van der Waals surface area contributed by atoms with E-state index < -0.39 is 6.17 Å². The van der Waals surface area contributed by atoms with Crippen molar-refractivity contribution in [2.75, 3.05) is 29.9 Å². The van der Waals surface area contributed by atoms with E-state index in [0.717, 1.165) is 33.7 Å². The number of carbonyl (C=O) groups is 2. The number of ether oxygens (including phenoxy) is 1. The minimum absolute atomic E-state index is 0.0317. The first kappa shape index (κ1) is 27.5. The third kappa shape index (κ3) is 4.90. The van der Waals surface area contributed by atoms with E-state index in [-0.39, 0.29) is 23.5 Å². The maximum absolute atomic E-state index is 13.6. The fraction of sp³-hybridized carbons (Fsp3) is 0.229. The summed E-state index contributed by atoms with van der Waals surface area (Å²) < 4.78 is 7.43. The molecule has 5 aromatic rings. The summed E-state index contributed by atoms with van der Waals surface area (Å²) in [6.45, 7) is 3.62. The lowest BCUT2D eigenvalue weighted by molar-refractivity contribution is 0.0695. The van der Waals surface area contributed by atoms with Gasteiger partial charge in [0.05, 0.1) is 17.6 Å². The highest BCUT2D eigenvalue weighted by molar-refractivity contribution is 6.11. The number of aromatic amines is 1. The molecule has 222 valence electrons. The van der Waals surface area contributed by atoms with Crippen LogP contribution in [-0.4, -0.2) is 46.0 Å². The highest BCUT2D eigenvalue weighted by Gasteiger charge is 2.37. The molecule has 2 amide bonds. The lowest BCUT2D eigenvalue weighted by Gasteiger charge is -2.33. The van der Waals surface area contributed by atoms with Gasteiger partial charge in [0.25, 0.3) is 11.8 Å². The van der Waals surface area contributed by atoms with Crippen molar-refractivity contribution in [2.24, 2.45) is 0 Å². The Morgan fingerprint density at radius 1 is 0.909 bits per heavy atom. The first-order valence-corrected chi connectivity index (χ1v) is 15.0. The Kier molecular flexibility index (Phi) is 7.13. The zero-order valence-corrected chi connectivity index (χ0v) is 24.4. The number of benzene rings is 4. The number of aromatic nitrogens is 2. The number of likely N-dealkylation sites (tertiary alicyclic amines) is 1. The fourth-order valence-electron chi connectivity index (χ4n) is 6.44. The monoisotopic (exact) mass is 587 g/mol. The van der Waals surface area contributed by atoms with E-state index in [1.54, 1.807) is 4.90 Å². The van der Waals surface area contributed by atoms with Crippen LogP contribution in [0.15, 0.2) is 102 Å². The van der Waals surface area contributed by atoms with E-state index >= 15 is 0 Å². The number of H-pyrrole nitrogens is 1. The maximum atomic E-state index is 13.6. The van der Waals surface area contributed by atoms with E-state index in [1.807, 2.05) is 113 Å². The summed E-state index contributed by atoms with van der Waals surface area (Å²) in [6.07, 6.45) is 0.944. The van der Waals surface area contributed by atoms with Crippen molar-refractivity contribution in [1.29, 1.82) is 0 Å². The molecule has 0 bridgehead atoms. The number of para-hydroxylation sites is 2. The number of nitrogens with one attached hydrogen (secondary N) is 2. The van der Waals surface area contributed by atoms with Crippen molar-refractivity contribution < 1.29 is 14.3 Å². The van der Waals surface area contributed by atoms with Crippen LogP contribution >= 0.6 is 0 Å². The van der Waals surface area contributed by atoms with Crippen LogP contribution in [0.3, 0.4) is 0 Å². The molecule has 9 nitrogen and oxygen atoms in total. The topological polar surface area (TPSA) is 99.7 Å². The number of nitrogens with zero attached hydrogens (tertiary/aromatic N) is 3. The van der Waals surface area contributed by atoms with Crippen molar-refractivity contribution in [3.63, 3.8) is 0 Å². The van der Waals surface area contributed by atoms with Crippen molar-refractivity contribution in [2.45, 2.75) is 32.0 Å². The molecule has 0 spiro atoms. The average Bonchev–Trinajstić information content (AvgIpc) is 3.54. The Balaban J connectivity index is 1.09. The number of fused-ring (bicyclic) bond motifs is 2. The molecule has 3 heterocycles. The number of piperidine rings is 1. The second-order valence-corrected chi connectivity index (χ2v) is 11.2. The molecule has 2 aliphatic rings. The molecule has 0 saturated carbocycles. The Morgan fingerprint density at radius 3 is 2.45 bits per heavy atom. The predicted octanol–water partition coefficient (Wildman–Crippen LogP) is 5.98. The number of hydrogen-bond donors (Lipinski definition) is 2. The van der Waals surface area contributed by atoms with Gasteiger partial charge in [-0.2, -0.15) is 0 Å². The third-order valence-corrected chi connectivity index (χ3v) is 8.54. The minimum Gasteiger partial charge on any atom is -0.494 e. The minimum atomic E-state index is -0.452. The molecule has 0 radical (unpaired) electrons. The van der Waals surface area contributed by atoms with E-state index in [0.29, 0.717) is 43.7 Å². The summed E-state index contributed by atoms with van der Waals surface area (Å²) in [5.41, 5.74) is 5.18. The molecule has 0 aliphatic carbocycles. The number of carbonyl (C=O) groups excluding carboxylic acids is 2. The molecule has 1 atom stereocenters. The van der Waals surface area contributed by atoms with Gasteiger partial charge in [0.2, 0.25) is 0 Å². The Bertz CT molecular complexity index is 1900. The molecular formula is C35H33N5O4. The standard InChI is InChI=1S/C35H33N5O4/c1-2-44-27-16-14-25(15-17-27)40-32(28-10-3-4-11-29(28)34(40)42)36-24-9-7-8-23(22-24)33(41)38-20-18-26(19-21-38)39-31-13-6-5-12-30(31)37-35(39)43/h3-17,22,26,32,36H,2,18-21H2,1H3,(H,37,43). The number of rotatable bonds is 7. The van der Waals surface area contributed by atoms with E-state index in [4.69, 9.17) is 4.74 Å². The molecule has 4 aromatic carbocycles. The Morgan fingerprint density at radius 2 is 1.66 bits per heavy atom. The van der Waals surface area contributed by atoms with Gasteiger partial charge >= 0.3 is 5.69 Å². The largest absolute Gasteiger partial charge is 0.494 e. The maximum Gasteiger partial charge on any atom is 0.326 e. The van der Waals surface area contributed by atoms with Crippen LogP contribution in [0.1, 0.15) is 58.3 Å². The van der Waals surface area contributed by atoms with Gasteiger partial charge in [-0.25, -0.2) is 4.79 Å². The first-order valence-electron chi connectivity index (χ1n) is 15.0. The van der Waals surface area contributed by atoms with Gasteiger partial charge in [-0.15, -0.1) is 0 Å². The van der Waals surface area contributed by atoms with Crippen LogP contribution in [-0.2, 0) is 0 Å². The summed E-state index contributed by atoms with van der Waals surface area (Å²) in [4.78, 5) is 46.4. The van der Waals surface area contributed by atoms with E-state index in [2.05, 4.69) is 10.3 Å². The van der Waals surface area contributed by atoms with Crippen LogP contribution in [0.5, 0.6) is 5.75 Å². The van der Waals surface area contributed by atoms with Crippen LogP contribution in [0.4, 0.5) is 11.4 Å². The molecule has 7 rings (SSSR count). The van der Waals surface area contributed by atoms with Gasteiger partial charge in [0.15, 0.2) is 0 Å². The zero-order chi connectivity index (χ0) is 30.2. The van der Waals surface area contributed by atoms with Crippen molar-refractivity contribution in [3.8, 4) is 5.75 Å². The van der Waals surface area contributed by atoms with Gasteiger partial charge in [-0.3, -0.25) is 19.1 Å². The molecule has 1 aromatic heterocycles. The number of amides is 2. The fourth-order valence-corrected chi connectivity index (χ4v) is 6.44. The lowest BCUT2D eigenvalue weighted by Crippen LogP contribution is -2.40. The third-order valence-electron chi connectivity index (χ3n) is 8.54. The Labute approximate surface area is 254 Å². The van der Waals surface area contributed by atoms with Gasteiger partial charge in [0.1, 0.15) is 11.9 Å². The summed E-state index contributed by atoms with van der Waals surface area (Å²) >= 11 is 0. The molecule has 1 unspecified atom stereocenters. The van der Waals surface area contributed by atoms with Crippen molar-refractivity contribution in [3.05, 3.63) is 124 Å². The molecule has 44 heavy (non-hydrogen) atoms. The smallest absolute Gasteiger partial charge is 0.326 e. The van der Waals surface area contributed by atoms with Crippen LogP contribution in [0.2, 0.25) is 0 Å². The molecule has 2 N–H and O–H groups in total. The van der Waals surface area contributed by atoms with Gasteiger partial charge in [0, 0.05) is 47.2 Å². The predicted molar refractivity (Wildman–Crippen MR) is 170 cm³/mol. The average molecular weight is 588 g/mol.